The number of benzene rings is 1. The minimum Gasteiger partial charge on any atom is -0.139 e. The number of thiophene rings is 2. The molecule has 94 valence electrons. The molecule has 0 spiro atoms. The first-order valence-electron chi connectivity index (χ1n) is 6.78. The van der Waals surface area contributed by atoms with Gasteiger partial charge in [0, 0.05) is 19.7 Å². The van der Waals surface area contributed by atoms with E-state index in [9.17, 15) is 0 Å². The van der Waals surface area contributed by atoms with Crippen LogP contribution in [0.4, 0.5) is 0 Å². The van der Waals surface area contributed by atoms with Gasteiger partial charge in [-0.1, -0.05) is 44.4 Å². The van der Waals surface area contributed by atoms with E-state index in [1.807, 2.05) is 22.7 Å². The first-order valence-corrected chi connectivity index (χ1v) is 8.41. The average Bonchev–Trinajstić information content (AvgIpc) is 2.91. The Balaban J connectivity index is 1.83. The Kier molecular flexibility index (Phi) is 3.67. The number of hydrogen-bond acceptors (Lipinski definition) is 2. The number of hydrogen-bond donors (Lipinski definition) is 0. The summed E-state index contributed by atoms with van der Waals surface area (Å²) in [6.45, 7) is 2.27. The zero-order chi connectivity index (χ0) is 12.4. The predicted molar refractivity (Wildman–Crippen MR) is 85.1 cm³/mol. The molecule has 0 unspecified atom stereocenters. The number of aryl methyl sites for hydroxylation is 1. The van der Waals surface area contributed by atoms with Crippen molar-refractivity contribution in [3.63, 3.8) is 0 Å². The molecule has 0 radical (unpaired) electrons. The van der Waals surface area contributed by atoms with Gasteiger partial charge in [-0.25, -0.2) is 0 Å². The Morgan fingerprint density at radius 3 is 2.72 bits per heavy atom. The van der Waals surface area contributed by atoms with Gasteiger partial charge in [-0.05, 0) is 25.0 Å². The Morgan fingerprint density at radius 2 is 1.83 bits per heavy atom. The van der Waals surface area contributed by atoms with Crippen LogP contribution in [0.25, 0.3) is 19.5 Å². The highest BCUT2D eigenvalue weighted by atomic mass is 32.1. The van der Waals surface area contributed by atoms with E-state index in [1.54, 1.807) is 4.88 Å². The lowest BCUT2D eigenvalue weighted by Gasteiger charge is -1.96. The molecule has 0 aliphatic rings. The van der Waals surface area contributed by atoms with E-state index in [2.05, 4.69) is 37.3 Å². The van der Waals surface area contributed by atoms with Gasteiger partial charge in [-0.3, -0.25) is 0 Å². The molecule has 3 aromatic rings. The molecule has 0 N–H and O–H groups in total. The lowest BCUT2D eigenvalue weighted by atomic mass is 10.1. The van der Waals surface area contributed by atoms with Crippen LogP contribution in [0.1, 0.15) is 37.5 Å². The summed E-state index contributed by atoms with van der Waals surface area (Å²) in [5.41, 5.74) is 0. The largest absolute Gasteiger partial charge is 0.139 e. The van der Waals surface area contributed by atoms with Gasteiger partial charge in [0.25, 0.3) is 0 Å². The fraction of sp³-hybridized carbons (Fsp3) is 0.375. The molecule has 18 heavy (non-hydrogen) atoms. The highest BCUT2D eigenvalue weighted by Gasteiger charge is 2.08. The van der Waals surface area contributed by atoms with E-state index in [-0.39, 0.29) is 0 Å². The minimum absolute atomic E-state index is 1.26. The second kappa shape index (κ2) is 5.41. The maximum Gasteiger partial charge on any atom is 0.0532 e. The summed E-state index contributed by atoms with van der Waals surface area (Å²) < 4.78 is 4.41. The molecule has 2 heterocycles. The average molecular weight is 274 g/mol. The lowest BCUT2D eigenvalue weighted by Crippen LogP contribution is -1.80. The summed E-state index contributed by atoms with van der Waals surface area (Å²) in [6.07, 6.45) is 6.69. The number of rotatable bonds is 5. The van der Waals surface area contributed by atoms with Gasteiger partial charge < -0.3 is 0 Å². The molecule has 3 rings (SSSR count). The molecular formula is C16H18S2. The summed E-state index contributed by atoms with van der Waals surface area (Å²) in [5.74, 6) is 0. The molecule has 0 bridgehead atoms. The Morgan fingerprint density at radius 1 is 0.944 bits per heavy atom. The quantitative estimate of drug-likeness (QED) is 0.483. The van der Waals surface area contributed by atoms with Crippen molar-refractivity contribution in [2.75, 3.05) is 0 Å². The van der Waals surface area contributed by atoms with Crippen LogP contribution in [0, 0.1) is 0 Å². The van der Waals surface area contributed by atoms with Crippen molar-refractivity contribution in [1.29, 1.82) is 0 Å². The molecule has 0 nitrogen and oxygen atoms in total. The van der Waals surface area contributed by atoms with E-state index in [0.717, 1.165) is 0 Å². The lowest BCUT2D eigenvalue weighted by molar-refractivity contribution is 0.670. The zero-order valence-electron chi connectivity index (χ0n) is 10.7. The second-order valence-corrected chi connectivity index (χ2v) is 7.04. The summed E-state index contributed by atoms with van der Waals surface area (Å²) in [7, 11) is 0. The highest BCUT2D eigenvalue weighted by Crippen LogP contribution is 2.39. The molecule has 0 fully saturated rings. The van der Waals surface area contributed by atoms with Crippen molar-refractivity contribution in [3.05, 3.63) is 35.2 Å². The fourth-order valence-electron chi connectivity index (χ4n) is 2.40. The Bertz CT molecular complexity index is 645. The molecule has 1 aromatic carbocycles. The topological polar surface area (TPSA) is 0 Å². The third kappa shape index (κ3) is 2.32. The molecule has 0 aliphatic carbocycles. The van der Waals surface area contributed by atoms with Gasteiger partial charge in [0.05, 0.1) is 4.70 Å². The Labute approximate surface area is 116 Å². The highest BCUT2D eigenvalue weighted by molar-refractivity contribution is 7.32. The van der Waals surface area contributed by atoms with Crippen LogP contribution >= 0.6 is 22.7 Å². The van der Waals surface area contributed by atoms with Crippen LogP contribution in [0.5, 0.6) is 0 Å². The molecule has 2 aromatic heterocycles. The van der Waals surface area contributed by atoms with Crippen molar-refractivity contribution in [3.8, 4) is 0 Å². The van der Waals surface area contributed by atoms with Crippen molar-refractivity contribution in [2.45, 2.75) is 39.0 Å². The Hall–Kier alpha value is -0.860. The van der Waals surface area contributed by atoms with Crippen LogP contribution in [-0.2, 0) is 6.42 Å². The molecule has 0 amide bonds. The van der Waals surface area contributed by atoms with Gasteiger partial charge in [0.1, 0.15) is 0 Å². The van der Waals surface area contributed by atoms with Crippen molar-refractivity contribution < 1.29 is 0 Å². The monoisotopic (exact) mass is 274 g/mol. The molecule has 0 saturated carbocycles. The molecule has 0 saturated heterocycles. The first kappa shape index (κ1) is 12.2. The maximum absolute atomic E-state index is 2.41. The van der Waals surface area contributed by atoms with Crippen molar-refractivity contribution in [2.24, 2.45) is 0 Å². The van der Waals surface area contributed by atoms with Gasteiger partial charge in [-0.15, -0.1) is 22.7 Å². The van der Waals surface area contributed by atoms with Crippen LogP contribution in [0.15, 0.2) is 30.3 Å². The van der Waals surface area contributed by atoms with Crippen LogP contribution in [-0.4, -0.2) is 0 Å². The van der Waals surface area contributed by atoms with E-state index in [1.165, 1.54) is 51.6 Å². The van der Waals surface area contributed by atoms with E-state index < -0.39 is 0 Å². The third-order valence-electron chi connectivity index (χ3n) is 3.38. The number of unbranched alkanes of at least 4 members (excludes halogenated alkanes) is 3. The molecule has 2 heteroatoms. The summed E-state index contributed by atoms with van der Waals surface area (Å²) in [4.78, 5) is 1.57. The van der Waals surface area contributed by atoms with Crippen LogP contribution in [0.2, 0.25) is 0 Å². The van der Waals surface area contributed by atoms with Gasteiger partial charge >= 0.3 is 0 Å². The predicted octanol–water partition coefficient (Wildman–Crippen LogP) is 6.24. The summed E-state index contributed by atoms with van der Waals surface area (Å²) in [5, 5.41) is 1.45. The first-order chi connectivity index (χ1) is 8.88. The SMILES string of the molecule is CCCCCCc1cc2sc3ccccc3c2s1. The normalized spacial score (nSPS) is 11.6. The second-order valence-electron chi connectivity index (χ2n) is 4.81. The van der Waals surface area contributed by atoms with Crippen molar-refractivity contribution in [1.82, 2.24) is 0 Å². The standard InChI is InChI=1S/C16H18S2/c1-2-3-4-5-8-12-11-15-16(17-12)13-9-6-7-10-14(13)18-15/h6-7,9-11H,2-5,8H2,1H3. The minimum atomic E-state index is 1.26. The molecular weight excluding hydrogens is 256 g/mol. The maximum atomic E-state index is 2.41. The molecule has 0 atom stereocenters. The van der Waals surface area contributed by atoms with Crippen LogP contribution < -0.4 is 0 Å². The van der Waals surface area contributed by atoms with Gasteiger partial charge in [0.2, 0.25) is 0 Å². The summed E-state index contributed by atoms with van der Waals surface area (Å²) >= 11 is 3.94. The molecule has 0 aliphatic heterocycles. The summed E-state index contributed by atoms with van der Waals surface area (Å²) in [6, 6.07) is 11.2. The van der Waals surface area contributed by atoms with E-state index in [0.29, 0.717) is 0 Å². The number of fused-ring (bicyclic) bond motifs is 3. The van der Waals surface area contributed by atoms with Crippen LogP contribution in [0.3, 0.4) is 0 Å². The van der Waals surface area contributed by atoms with Crippen molar-refractivity contribution >= 4 is 42.2 Å². The van der Waals surface area contributed by atoms with Gasteiger partial charge in [-0.2, -0.15) is 0 Å². The smallest absolute Gasteiger partial charge is 0.0532 e. The van der Waals surface area contributed by atoms with E-state index in [4.69, 9.17) is 0 Å². The third-order valence-corrected chi connectivity index (χ3v) is 5.85. The fourth-order valence-corrected chi connectivity index (χ4v) is 4.99. The van der Waals surface area contributed by atoms with Gasteiger partial charge in [0.15, 0.2) is 0 Å². The van der Waals surface area contributed by atoms with E-state index >= 15 is 0 Å². The zero-order valence-corrected chi connectivity index (χ0v) is 12.4.